The van der Waals surface area contributed by atoms with Crippen molar-refractivity contribution in [1.29, 1.82) is 0 Å². The van der Waals surface area contributed by atoms with Crippen molar-refractivity contribution in [2.45, 2.75) is 6.54 Å². The third kappa shape index (κ3) is 4.32. The van der Waals surface area contributed by atoms with E-state index < -0.39 is 0 Å². The van der Waals surface area contributed by atoms with E-state index in [1.54, 1.807) is 30.6 Å². The minimum atomic E-state index is -0.195. The number of nitrogens with zero attached hydrogens (tertiary/aromatic N) is 1. The van der Waals surface area contributed by atoms with Crippen LogP contribution in [-0.4, -0.2) is 17.4 Å². The Labute approximate surface area is 128 Å². The summed E-state index contributed by atoms with van der Waals surface area (Å²) in [5, 5.41) is 3.25. The minimum Gasteiger partial charge on any atom is -0.348 e. The summed E-state index contributed by atoms with van der Waals surface area (Å²) in [5.41, 5.74) is 7.39. The molecule has 4 nitrogen and oxygen atoms in total. The number of pyridine rings is 1. The summed E-state index contributed by atoms with van der Waals surface area (Å²) >= 11 is 6.09. The highest BCUT2D eigenvalue weighted by atomic mass is 35.5. The van der Waals surface area contributed by atoms with Gasteiger partial charge >= 0.3 is 0 Å². The van der Waals surface area contributed by atoms with Gasteiger partial charge in [0.25, 0.3) is 5.91 Å². The van der Waals surface area contributed by atoms with Crippen LogP contribution in [0.25, 0.3) is 0 Å². The van der Waals surface area contributed by atoms with E-state index in [1.165, 1.54) is 0 Å². The Morgan fingerprint density at radius 1 is 1.38 bits per heavy atom. The van der Waals surface area contributed by atoms with Gasteiger partial charge in [0.2, 0.25) is 0 Å². The Hall–Kier alpha value is -2.35. The fourth-order valence-corrected chi connectivity index (χ4v) is 1.92. The van der Waals surface area contributed by atoms with Gasteiger partial charge in [-0.05, 0) is 29.8 Å². The SMILES string of the molecule is NCC#Cc1ccc(C(=O)NCc2cccnc2)cc1Cl. The summed E-state index contributed by atoms with van der Waals surface area (Å²) in [6.45, 7) is 0.683. The molecule has 0 aliphatic carbocycles. The third-order valence-electron chi connectivity index (χ3n) is 2.73. The first-order valence-corrected chi connectivity index (χ1v) is 6.74. The number of amides is 1. The molecule has 0 bridgehead atoms. The van der Waals surface area contributed by atoms with Crippen LogP contribution in [0.1, 0.15) is 21.5 Å². The fourth-order valence-electron chi connectivity index (χ4n) is 1.69. The van der Waals surface area contributed by atoms with E-state index in [1.807, 2.05) is 12.1 Å². The van der Waals surface area contributed by atoms with Gasteiger partial charge in [0.15, 0.2) is 0 Å². The Bertz CT molecular complexity index is 690. The zero-order valence-electron chi connectivity index (χ0n) is 11.3. The molecule has 21 heavy (non-hydrogen) atoms. The van der Waals surface area contributed by atoms with Gasteiger partial charge in [0.05, 0.1) is 11.6 Å². The fraction of sp³-hybridized carbons (Fsp3) is 0.125. The Morgan fingerprint density at radius 3 is 2.90 bits per heavy atom. The van der Waals surface area contributed by atoms with E-state index in [2.05, 4.69) is 22.1 Å². The van der Waals surface area contributed by atoms with Crippen molar-refractivity contribution < 1.29 is 4.79 Å². The number of carbonyl (C=O) groups is 1. The zero-order chi connectivity index (χ0) is 15.1. The zero-order valence-corrected chi connectivity index (χ0v) is 12.0. The summed E-state index contributed by atoms with van der Waals surface area (Å²) in [4.78, 5) is 16.0. The molecule has 106 valence electrons. The topological polar surface area (TPSA) is 68.0 Å². The van der Waals surface area contributed by atoms with Gasteiger partial charge in [-0.1, -0.05) is 29.5 Å². The molecule has 0 spiro atoms. The van der Waals surface area contributed by atoms with Gasteiger partial charge in [-0.25, -0.2) is 0 Å². The lowest BCUT2D eigenvalue weighted by Gasteiger charge is -2.06. The quantitative estimate of drug-likeness (QED) is 0.852. The predicted octanol–water partition coefficient (Wildman–Crippen LogP) is 1.98. The van der Waals surface area contributed by atoms with E-state index in [9.17, 15) is 4.79 Å². The number of benzene rings is 1. The second-order valence-electron chi connectivity index (χ2n) is 4.24. The standard InChI is InChI=1S/C16H14ClN3O/c17-15-9-14(6-5-13(15)4-1-7-18)16(21)20-11-12-3-2-8-19-10-12/h2-3,5-6,8-10H,7,11,18H2,(H,20,21). The molecule has 0 radical (unpaired) electrons. The van der Waals surface area contributed by atoms with Crippen LogP contribution in [0.4, 0.5) is 0 Å². The maximum atomic E-state index is 12.0. The first-order valence-electron chi connectivity index (χ1n) is 6.36. The average molecular weight is 300 g/mol. The first-order chi connectivity index (χ1) is 10.2. The lowest BCUT2D eigenvalue weighted by atomic mass is 10.1. The lowest BCUT2D eigenvalue weighted by molar-refractivity contribution is 0.0951. The summed E-state index contributed by atoms with van der Waals surface area (Å²) < 4.78 is 0. The number of rotatable bonds is 3. The summed E-state index contributed by atoms with van der Waals surface area (Å²) in [7, 11) is 0. The molecule has 0 saturated heterocycles. The molecule has 3 N–H and O–H groups in total. The summed E-state index contributed by atoms with van der Waals surface area (Å²) in [5.74, 6) is 5.38. The van der Waals surface area contributed by atoms with E-state index in [-0.39, 0.29) is 12.5 Å². The number of aromatic nitrogens is 1. The van der Waals surface area contributed by atoms with Crippen LogP contribution >= 0.6 is 11.6 Å². The third-order valence-corrected chi connectivity index (χ3v) is 3.04. The Kier molecular flexibility index (Phi) is 5.33. The second kappa shape index (κ2) is 7.44. The number of hydrogen-bond donors (Lipinski definition) is 2. The van der Waals surface area contributed by atoms with Crippen LogP contribution in [0.2, 0.25) is 5.02 Å². The maximum absolute atomic E-state index is 12.0. The van der Waals surface area contributed by atoms with Crippen molar-refractivity contribution in [2.75, 3.05) is 6.54 Å². The number of halogens is 1. The molecule has 1 aromatic heterocycles. The predicted molar refractivity (Wildman–Crippen MR) is 82.8 cm³/mol. The van der Waals surface area contributed by atoms with Crippen LogP contribution in [0.5, 0.6) is 0 Å². The molecule has 2 aromatic rings. The monoisotopic (exact) mass is 299 g/mol. The molecule has 1 amide bonds. The molecule has 1 heterocycles. The van der Waals surface area contributed by atoms with Crippen LogP contribution in [-0.2, 0) is 6.54 Å². The molecule has 0 aliphatic rings. The molecular formula is C16H14ClN3O. The van der Waals surface area contributed by atoms with Crippen molar-refractivity contribution in [1.82, 2.24) is 10.3 Å². The smallest absolute Gasteiger partial charge is 0.251 e. The molecule has 5 heteroatoms. The Balaban J connectivity index is 2.04. The van der Waals surface area contributed by atoms with Crippen molar-refractivity contribution in [3.63, 3.8) is 0 Å². The van der Waals surface area contributed by atoms with Crippen LogP contribution < -0.4 is 11.1 Å². The van der Waals surface area contributed by atoms with Gasteiger partial charge in [0.1, 0.15) is 0 Å². The molecule has 0 aliphatic heterocycles. The molecular weight excluding hydrogens is 286 g/mol. The van der Waals surface area contributed by atoms with Crippen molar-refractivity contribution in [3.05, 3.63) is 64.4 Å². The van der Waals surface area contributed by atoms with Crippen molar-refractivity contribution in [3.8, 4) is 11.8 Å². The second-order valence-corrected chi connectivity index (χ2v) is 4.65. The summed E-state index contributed by atoms with van der Waals surface area (Å²) in [6, 6.07) is 8.71. The van der Waals surface area contributed by atoms with Gasteiger partial charge in [0, 0.05) is 30.1 Å². The summed E-state index contributed by atoms with van der Waals surface area (Å²) in [6.07, 6.45) is 3.39. The van der Waals surface area contributed by atoms with E-state index in [4.69, 9.17) is 17.3 Å². The maximum Gasteiger partial charge on any atom is 0.251 e. The molecule has 1 aromatic carbocycles. The molecule has 0 fully saturated rings. The number of nitrogens with two attached hydrogens (primary N) is 1. The van der Waals surface area contributed by atoms with Crippen molar-refractivity contribution >= 4 is 17.5 Å². The van der Waals surface area contributed by atoms with Crippen molar-refractivity contribution in [2.24, 2.45) is 5.73 Å². The minimum absolute atomic E-state index is 0.195. The molecule has 0 atom stereocenters. The van der Waals surface area contributed by atoms with Crippen LogP contribution in [0.15, 0.2) is 42.7 Å². The van der Waals surface area contributed by atoms with Crippen LogP contribution in [0.3, 0.4) is 0 Å². The average Bonchev–Trinajstić information content (AvgIpc) is 2.52. The molecule has 0 unspecified atom stereocenters. The molecule has 0 saturated carbocycles. The van der Waals surface area contributed by atoms with Gasteiger partial charge < -0.3 is 11.1 Å². The lowest BCUT2D eigenvalue weighted by Crippen LogP contribution is -2.22. The molecule has 2 rings (SSSR count). The van der Waals surface area contributed by atoms with Gasteiger partial charge in [-0.2, -0.15) is 0 Å². The van der Waals surface area contributed by atoms with Crippen LogP contribution in [0, 0.1) is 11.8 Å². The number of hydrogen-bond acceptors (Lipinski definition) is 3. The highest BCUT2D eigenvalue weighted by Gasteiger charge is 2.07. The van der Waals surface area contributed by atoms with E-state index in [0.29, 0.717) is 22.7 Å². The number of nitrogens with one attached hydrogen (secondary N) is 1. The Morgan fingerprint density at radius 2 is 2.24 bits per heavy atom. The largest absolute Gasteiger partial charge is 0.348 e. The van der Waals surface area contributed by atoms with E-state index >= 15 is 0 Å². The highest BCUT2D eigenvalue weighted by molar-refractivity contribution is 6.32. The highest BCUT2D eigenvalue weighted by Crippen LogP contribution is 2.17. The first kappa shape index (κ1) is 15.0. The number of carbonyl (C=O) groups excluding carboxylic acids is 1. The van der Waals surface area contributed by atoms with Gasteiger partial charge in [-0.3, -0.25) is 9.78 Å². The van der Waals surface area contributed by atoms with Gasteiger partial charge in [-0.15, -0.1) is 0 Å². The normalized spacial score (nSPS) is 9.62. The van der Waals surface area contributed by atoms with E-state index in [0.717, 1.165) is 5.56 Å².